The van der Waals surface area contributed by atoms with Crippen LogP contribution in [0.3, 0.4) is 0 Å². The van der Waals surface area contributed by atoms with Gasteiger partial charge in [-0.3, -0.25) is 19.7 Å². The zero-order chi connectivity index (χ0) is 20.6. The Morgan fingerprint density at radius 1 is 1.00 bits per heavy atom. The van der Waals surface area contributed by atoms with Crippen LogP contribution >= 0.6 is 0 Å². The highest BCUT2D eigenvalue weighted by Gasteiger charge is 2.15. The van der Waals surface area contributed by atoms with Crippen molar-refractivity contribution in [3.8, 4) is 11.4 Å². The van der Waals surface area contributed by atoms with Crippen LogP contribution in [0.25, 0.3) is 11.4 Å². The molecule has 0 saturated heterocycles. The van der Waals surface area contributed by atoms with Crippen LogP contribution in [0.4, 0.5) is 5.69 Å². The molecule has 3 rings (SSSR count). The lowest BCUT2D eigenvalue weighted by molar-refractivity contribution is -0.384. The lowest BCUT2D eigenvalue weighted by Crippen LogP contribution is -2.35. The average Bonchev–Trinajstić information content (AvgIpc) is 3.22. The zero-order valence-corrected chi connectivity index (χ0v) is 15.2. The lowest BCUT2D eigenvalue weighted by atomic mass is 10.1. The van der Waals surface area contributed by atoms with E-state index in [1.165, 1.54) is 24.3 Å². The molecule has 0 unspecified atom stereocenters. The summed E-state index contributed by atoms with van der Waals surface area (Å²) < 4.78 is 4.96. The van der Waals surface area contributed by atoms with E-state index in [-0.39, 0.29) is 37.0 Å². The zero-order valence-electron chi connectivity index (χ0n) is 15.2. The minimum atomic E-state index is -0.538. The summed E-state index contributed by atoms with van der Waals surface area (Å²) in [6.45, 7) is 0.380. The third-order valence-electron chi connectivity index (χ3n) is 3.90. The van der Waals surface area contributed by atoms with Gasteiger partial charge in [0.05, 0.1) is 11.3 Å². The number of aromatic nitrogens is 2. The van der Waals surface area contributed by atoms with Gasteiger partial charge in [-0.2, -0.15) is 4.98 Å². The van der Waals surface area contributed by atoms with Crippen molar-refractivity contribution in [1.82, 2.24) is 20.8 Å². The molecule has 0 atom stereocenters. The van der Waals surface area contributed by atoms with E-state index in [1.54, 1.807) is 12.1 Å². The molecular weight excluding hydrogens is 378 g/mol. The van der Waals surface area contributed by atoms with Crippen LogP contribution in [0.5, 0.6) is 0 Å². The molecule has 1 aromatic heterocycles. The molecule has 0 spiro atoms. The van der Waals surface area contributed by atoms with Crippen molar-refractivity contribution in [2.75, 3.05) is 13.1 Å². The summed E-state index contributed by atoms with van der Waals surface area (Å²) in [5.74, 6) is -0.658. The van der Waals surface area contributed by atoms with Gasteiger partial charge in [0.15, 0.2) is 0 Å². The van der Waals surface area contributed by atoms with Gasteiger partial charge in [0.25, 0.3) is 5.69 Å². The van der Waals surface area contributed by atoms with Crippen molar-refractivity contribution in [3.05, 3.63) is 76.2 Å². The highest BCUT2D eigenvalue weighted by atomic mass is 16.6. The standard InChI is InChI=1S/C19H17N5O5/c25-16(12-13-6-8-15(9-7-13)24(27)28)20-10-11-21-18(26)19-22-17(23-29-19)14-4-2-1-3-5-14/h1-9H,10-12H2,(H,20,25)(H,21,26). The molecule has 3 aromatic rings. The van der Waals surface area contributed by atoms with E-state index in [2.05, 4.69) is 20.8 Å². The fourth-order valence-corrected chi connectivity index (χ4v) is 2.46. The highest BCUT2D eigenvalue weighted by molar-refractivity contribution is 5.89. The highest BCUT2D eigenvalue weighted by Crippen LogP contribution is 2.14. The smallest absolute Gasteiger partial charge is 0.316 e. The normalized spacial score (nSPS) is 10.3. The third kappa shape index (κ3) is 5.45. The molecule has 0 aliphatic rings. The molecule has 1 heterocycles. The maximum absolute atomic E-state index is 12.0. The van der Waals surface area contributed by atoms with Crippen molar-refractivity contribution in [2.24, 2.45) is 0 Å². The minimum absolute atomic E-state index is 0.0340. The molecule has 10 heteroatoms. The van der Waals surface area contributed by atoms with Crippen LogP contribution in [-0.2, 0) is 11.2 Å². The Hall–Kier alpha value is -4.08. The first-order valence-corrected chi connectivity index (χ1v) is 8.70. The van der Waals surface area contributed by atoms with Crippen LogP contribution in [-0.4, -0.2) is 40.0 Å². The Labute approximate surface area is 165 Å². The van der Waals surface area contributed by atoms with E-state index >= 15 is 0 Å². The number of nitrogens with zero attached hydrogens (tertiary/aromatic N) is 3. The molecule has 2 aromatic carbocycles. The van der Waals surface area contributed by atoms with Gasteiger partial charge < -0.3 is 15.2 Å². The Balaban J connectivity index is 1.41. The fourth-order valence-electron chi connectivity index (χ4n) is 2.46. The number of nitro groups is 1. The first-order chi connectivity index (χ1) is 14.0. The lowest BCUT2D eigenvalue weighted by Gasteiger charge is -2.06. The predicted molar refractivity (Wildman–Crippen MR) is 102 cm³/mol. The monoisotopic (exact) mass is 395 g/mol. The van der Waals surface area contributed by atoms with Crippen molar-refractivity contribution >= 4 is 17.5 Å². The summed E-state index contributed by atoms with van der Waals surface area (Å²) in [4.78, 5) is 38.1. The number of nitrogens with one attached hydrogen (secondary N) is 2. The van der Waals surface area contributed by atoms with Crippen molar-refractivity contribution in [1.29, 1.82) is 0 Å². The molecule has 0 fully saturated rings. The summed E-state index contributed by atoms with van der Waals surface area (Å²) in [6.07, 6.45) is 0.0794. The molecule has 2 amide bonds. The Morgan fingerprint density at radius 3 is 2.38 bits per heavy atom. The Bertz CT molecular complexity index is 1000. The second-order valence-electron chi connectivity index (χ2n) is 6.00. The van der Waals surface area contributed by atoms with Gasteiger partial charge in [-0.15, -0.1) is 0 Å². The number of rotatable bonds is 8. The fraction of sp³-hybridized carbons (Fsp3) is 0.158. The molecule has 148 valence electrons. The maximum atomic E-state index is 12.0. The van der Waals surface area contributed by atoms with E-state index in [4.69, 9.17) is 4.52 Å². The quantitative estimate of drug-likeness (QED) is 0.336. The SMILES string of the molecule is O=C(Cc1ccc([N+](=O)[O-])cc1)NCCNC(=O)c1nc(-c2ccccc2)no1. The number of benzene rings is 2. The summed E-state index contributed by atoms with van der Waals surface area (Å²) in [5, 5.41) is 19.6. The van der Waals surface area contributed by atoms with Crippen molar-refractivity contribution in [3.63, 3.8) is 0 Å². The number of hydrogen-bond donors (Lipinski definition) is 2. The van der Waals surface area contributed by atoms with Crippen LogP contribution in [0.1, 0.15) is 16.2 Å². The second kappa shape index (κ2) is 9.22. The molecule has 0 bridgehead atoms. The molecule has 29 heavy (non-hydrogen) atoms. The third-order valence-corrected chi connectivity index (χ3v) is 3.90. The topological polar surface area (TPSA) is 140 Å². The van der Waals surface area contributed by atoms with Crippen molar-refractivity contribution in [2.45, 2.75) is 6.42 Å². The summed E-state index contributed by atoms with van der Waals surface area (Å²) in [7, 11) is 0. The molecular formula is C19H17N5O5. The van der Waals surface area contributed by atoms with Gasteiger partial charge in [0, 0.05) is 30.8 Å². The van der Waals surface area contributed by atoms with Crippen LogP contribution < -0.4 is 10.6 Å². The van der Waals surface area contributed by atoms with E-state index in [0.29, 0.717) is 11.4 Å². The number of carbonyl (C=O) groups is 2. The Kier molecular flexibility index (Phi) is 6.25. The molecule has 0 radical (unpaired) electrons. The van der Waals surface area contributed by atoms with E-state index < -0.39 is 10.8 Å². The second-order valence-corrected chi connectivity index (χ2v) is 6.00. The summed E-state index contributed by atoms with van der Waals surface area (Å²) in [5.41, 5.74) is 1.35. The average molecular weight is 395 g/mol. The molecule has 2 N–H and O–H groups in total. The van der Waals surface area contributed by atoms with Gasteiger partial charge >= 0.3 is 11.8 Å². The van der Waals surface area contributed by atoms with E-state index in [9.17, 15) is 19.7 Å². The number of nitro benzene ring substituents is 1. The van der Waals surface area contributed by atoms with Gasteiger partial charge in [0.1, 0.15) is 0 Å². The van der Waals surface area contributed by atoms with E-state index in [0.717, 1.165) is 5.56 Å². The minimum Gasteiger partial charge on any atom is -0.354 e. The molecule has 10 nitrogen and oxygen atoms in total. The Morgan fingerprint density at radius 2 is 1.69 bits per heavy atom. The summed E-state index contributed by atoms with van der Waals surface area (Å²) >= 11 is 0. The number of amides is 2. The first-order valence-electron chi connectivity index (χ1n) is 8.70. The molecule has 0 aliphatic carbocycles. The van der Waals surface area contributed by atoms with Crippen LogP contribution in [0.2, 0.25) is 0 Å². The van der Waals surface area contributed by atoms with E-state index in [1.807, 2.05) is 18.2 Å². The number of hydrogen-bond acceptors (Lipinski definition) is 7. The van der Waals surface area contributed by atoms with Crippen LogP contribution in [0.15, 0.2) is 59.1 Å². The van der Waals surface area contributed by atoms with Gasteiger partial charge in [-0.05, 0) is 5.56 Å². The van der Waals surface area contributed by atoms with Gasteiger partial charge in [-0.25, -0.2) is 0 Å². The van der Waals surface area contributed by atoms with Crippen LogP contribution in [0, 0.1) is 10.1 Å². The number of non-ortho nitro benzene ring substituents is 1. The largest absolute Gasteiger partial charge is 0.354 e. The van der Waals surface area contributed by atoms with Gasteiger partial charge in [0.2, 0.25) is 11.7 Å². The summed E-state index contributed by atoms with van der Waals surface area (Å²) in [6, 6.07) is 14.8. The van der Waals surface area contributed by atoms with Gasteiger partial charge in [-0.1, -0.05) is 47.6 Å². The predicted octanol–water partition coefficient (Wildman–Crippen LogP) is 1.73. The molecule has 0 saturated carbocycles. The van der Waals surface area contributed by atoms with Crippen molar-refractivity contribution < 1.29 is 19.0 Å². The first kappa shape index (κ1) is 19.7. The maximum Gasteiger partial charge on any atom is 0.316 e. The number of carbonyl (C=O) groups excluding carboxylic acids is 2. The molecule has 0 aliphatic heterocycles.